The molecule has 0 bridgehead atoms. The Morgan fingerprint density at radius 3 is 2.58 bits per heavy atom. The molecule has 0 unspecified atom stereocenters. The summed E-state index contributed by atoms with van der Waals surface area (Å²) >= 11 is 0. The molecule has 3 aromatic carbocycles. The van der Waals surface area contributed by atoms with Crippen molar-refractivity contribution in [3.8, 4) is 5.75 Å². The number of aliphatic carboxylic acids is 1. The molecule has 3 rings (SSSR count). The number of hydrogen-bond acceptors (Lipinski definition) is 6. The van der Waals surface area contributed by atoms with Crippen LogP contribution in [0.1, 0.15) is 40.2 Å². The van der Waals surface area contributed by atoms with Gasteiger partial charge in [0.25, 0.3) is 11.0 Å². The van der Waals surface area contributed by atoms with E-state index in [1.54, 1.807) is 31.4 Å². The summed E-state index contributed by atoms with van der Waals surface area (Å²) in [5.41, 5.74) is 1.54. The van der Waals surface area contributed by atoms with E-state index in [-0.39, 0.29) is 12.5 Å². The van der Waals surface area contributed by atoms with Crippen molar-refractivity contribution >= 4 is 22.6 Å². The summed E-state index contributed by atoms with van der Waals surface area (Å²) < 4.78 is 5.22. The molecule has 1 amide bonds. The van der Waals surface area contributed by atoms with E-state index in [0.29, 0.717) is 36.1 Å². The lowest BCUT2D eigenvalue weighted by molar-refractivity contribution is -0.763. The van der Waals surface area contributed by atoms with Crippen molar-refractivity contribution in [2.45, 2.75) is 25.4 Å². The molecule has 0 spiro atoms. The smallest absolute Gasteiger partial charge is 0.310 e. The Bertz CT molecular complexity index is 1160. The third-order valence-corrected chi connectivity index (χ3v) is 5.25. The molecule has 9 nitrogen and oxygen atoms in total. The van der Waals surface area contributed by atoms with E-state index < -0.39 is 17.0 Å². The highest BCUT2D eigenvalue weighted by molar-refractivity contribution is 5.94. The van der Waals surface area contributed by atoms with Gasteiger partial charge >= 0.3 is 5.97 Å². The Morgan fingerprint density at radius 1 is 1.09 bits per heavy atom. The molecule has 0 aliphatic heterocycles. The molecule has 0 saturated carbocycles. The summed E-state index contributed by atoms with van der Waals surface area (Å²) in [7, 11) is 1.59. The molecule has 0 radical (unpaired) electrons. The van der Waals surface area contributed by atoms with Crippen molar-refractivity contribution < 1.29 is 29.4 Å². The molecular weight excluding hydrogens is 428 g/mol. The lowest BCUT2D eigenvalue weighted by atomic mass is 9.92. The Kier molecular flexibility index (Phi) is 7.80. The normalized spacial score (nSPS) is 11.5. The van der Waals surface area contributed by atoms with Gasteiger partial charge < -0.3 is 20.0 Å². The fourth-order valence-electron chi connectivity index (χ4n) is 3.56. The molecule has 33 heavy (non-hydrogen) atoms. The van der Waals surface area contributed by atoms with E-state index in [9.17, 15) is 24.8 Å². The second-order valence-corrected chi connectivity index (χ2v) is 7.46. The third-order valence-electron chi connectivity index (χ3n) is 5.25. The van der Waals surface area contributed by atoms with E-state index in [1.807, 2.05) is 30.3 Å². The number of carboxylic acids is 1. The zero-order valence-corrected chi connectivity index (χ0v) is 18.0. The summed E-state index contributed by atoms with van der Waals surface area (Å²) in [4.78, 5) is 38.9. The predicted octanol–water partition coefficient (Wildman–Crippen LogP) is 3.94. The monoisotopic (exact) mass is 452 g/mol. The van der Waals surface area contributed by atoms with Gasteiger partial charge in [-0.2, -0.15) is 0 Å². The van der Waals surface area contributed by atoms with Crippen molar-refractivity contribution in [1.82, 2.24) is 5.32 Å². The second kappa shape index (κ2) is 10.9. The Labute approximate surface area is 190 Å². The number of ether oxygens (including phenoxy) is 1. The van der Waals surface area contributed by atoms with E-state index in [0.717, 1.165) is 16.5 Å². The number of nitrogens with zero attached hydrogens (tertiary/aromatic N) is 1. The van der Waals surface area contributed by atoms with Crippen LogP contribution in [-0.4, -0.2) is 35.7 Å². The van der Waals surface area contributed by atoms with E-state index in [2.05, 4.69) is 10.2 Å². The number of carbonyl (C=O) groups excluding carboxylic acids is 1. The van der Waals surface area contributed by atoms with Gasteiger partial charge in [-0.3, -0.25) is 9.59 Å². The van der Waals surface area contributed by atoms with Crippen molar-refractivity contribution in [1.29, 1.82) is 0 Å². The highest BCUT2D eigenvalue weighted by Crippen LogP contribution is 2.27. The second-order valence-electron chi connectivity index (χ2n) is 7.46. The number of rotatable bonds is 11. The Balaban J connectivity index is 1.57. The molecule has 2 N–H and O–H groups in total. The third kappa shape index (κ3) is 6.42. The largest absolute Gasteiger partial charge is 0.497 e. The van der Waals surface area contributed by atoms with Crippen molar-refractivity contribution in [2.24, 2.45) is 0 Å². The van der Waals surface area contributed by atoms with E-state index in [4.69, 9.17) is 4.74 Å². The number of benzene rings is 3. The molecule has 0 fully saturated rings. The van der Waals surface area contributed by atoms with Crippen LogP contribution in [0.4, 0.5) is 0 Å². The first-order valence-corrected chi connectivity index (χ1v) is 10.3. The quantitative estimate of drug-likeness (QED) is 0.256. The number of fused-ring (bicyclic) bond motifs is 1. The number of nitrogens with one attached hydrogen (secondary N) is 1. The lowest BCUT2D eigenvalue weighted by Crippen LogP contribution is -2.25. The van der Waals surface area contributed by atoms with Gasteiger partial charge in [0.15, 0.2) is 0 Å². The first kappa shape index (κ1) is 23.5. The molecule has 0 aromatic heterocycles. The Morgan fingerprint density at radius 2 is 1.85 bits per heavy atom. The predicted molar refractivity (Wildman–Crippen MR) is 121 cm³/mol. The number of carboxylic acid groups (broad SMARTS) is 1. The Hall–Kier alpha value is -4.14. The minimum atomic E-state index is -0.923. The summed E-state index contributed by atoms with van der Waals surface area (Å²) in [5.74, 6) is -1.23. The van der Waals surface area contributed by atoms with Crippen LogP contribution in [0.2, 0.25) is 0 Å². The minimum Gasteiger partial charge on any atom is -0.497 e. The van der Waals surface area contributed by atoms with Crippen LogP contribution in [-0.2, 0) is 16.2 Å². The topological polar surface area (TPSA) is 128 Å². The molecular formula is C24H24N2O7. The van der Waals surface area contributed by atoms with Gasteiger partial charge in [0.1, 0.15) is 12.4 Å². The molecule has 3 aromatic rings. The maximum atomic E-state index is 12.4. The maximum Gasteiger partial charge on any atom is 0.310 e. The average Bonchev–Trinajstić information content (AvgIpc) is 2.81. The van der Waals surface area contributed by atoms with Gasteiger partial charge in [-0.25, -0.2) is 0 Å². The number of methoxy groups -OCH3 is 1. The van der Waals surface area contributed by atoms with Gasteiger partial charge in [0.2, 0.25) is 0 Å². The van der Waals surface area contributed by atoms with Gasteiger partial charge in [0, 0.05) is 12.1 Å². The highest BCUT2D eigenvalue weighted by atomic mass is 16.9. The summed E-state index contributed by atoms with van der Waals surface area (Å²) in [6.45, 7) is 0.0516. The van der Waals surface area contributed by atoms with Gasteiger partial charge in [-0.15, -0.1) is 10.1 Å². The van der Waals surface area contributed by atoms with Crippen LogP contribution in [0.15, 0.2) is 60.7 Å². The number of amides is 1. The highest BCUT2D eigenvalue weighted by Gasteiger charge is 2.20. The van der Waals surface area contributed by atoms with Crippen molar-refractivity contribution in [3.63, 3.8) is 0 Å². The van der Waals surface area contributed by atoms with Crippen LogP contribution in [0.25, 0.3) is 10.8 Å². The fraction of sp³-hybridized carbons (Fsp3) is 0.250. The van der Waals surface area contributed by atoms with Gasteiger partial charge in [0.05, 0.1) is 13.0 Å². The molecule has 0 saturated heterocycles. The van der Waals surface area contributed by atoms with Crippen molar-refractivity contribution in [3.05, 3.63) is 87.5 Å². The summed E-state index contributed by atoms with van der Waals surface area (Å²) in [6, 6.07) is 17.5. The van der Waals surface area contributed by atoms with E-state index in [1.165, 1.54) is 6.07 Å². The van der Waals surface area contributed by atoms with Crippen LogP contribution in [0.5, 0.6) is 5.75 Å². The maximum absolute atomic E-state index is 12.4. The van der Waals surface area contributed by atoms with Crippen LogP contribution < -0.4 is 10.1 Å². The number of carbonyl (C=O) groups is 2. The van der Waals surface area contributed by atoms with Crippen LogP contribution in [0.3, 0.4) is 0 Å². The molecule has 1 atom stereocenters. The molecule has 172 valence electrons. The van der Waals surface area contributed by atoms with Crippen molar-refractivity contribution in [2.75, 3.05) is 13.7 Å². The lowest BCUT2D eigenvalue weighted by Gasteiger charge is -2.14. The average molecular weight is 452 g/mol. The van der Waals surface area contributed by atoms with Gasteiger partial charge in [-0.1, -0.05) is 36.4 Å². The number of hydrogen-bond donors (Lipinski definition) is 2. The van der Waals surface area contributed by atoms with Gasteiger partial charge in [-0.05, 0) is 59.0 Å². The minimum absolute atomic E-state index is 0.243. The fourth-order valence-corrected chi connectivity index (χ4v) is 3.56. The standard InChI is InChI=1S/C24H24N2O7/c1-32-21-10-9-17-13-19(8-7-18(17)14-21)22(24(28)29)6-3-11-25-23(27)20-5-2-4-16(12-20)15-33-26(30)31/h2,4-5,7-10,12-14,22H,3,6,11,15H2,1H3,(H,25,27)(H,28,29)/t22-/m0/s1. The van der Waals surface area contributed by atoms with Crippen LogP contribution >= 0.6 is 0 Å². The summed E-state index contributed by atoms with van der Waals surface area (Å²) in [5, 5.41) is 23.8. The zero-order chi connectivity index (χ0) is 23.8. The van der Waals surface area contributed by atoms with Crippen LogP contribution in [0, 0.1) is 10.1 Å². The van der Waals surface area contributed by atoms with E-state index >= 15 is 0 Å². The summed E-state index contributed by atoms with van der Waals surface area (Å²) in [6.07, 6.45) is 0.821. The molecule has 0 aliphatic carbocycles. The SMILES string of the molecule is COc1ccc2cc([C@H](CCCNC(=O)c3cccc(CO[N+](=O)[O-])c3)C(=O)O)ccc2c1. The molecule has 0 aliphatic rings. The first-order valence-electron chi connectivity index (χ1n) is 10.3. The molecule has 9 heteroatoms. The molecule has 0 heterocycles. The zero-order valence-electron chi connectivity index (χ0n) is 18.0. The first-order chi connectivity index (χ1) is 15.9.